The van der Waals surface area contributed by atoms with E-state index in [1.165, 1.54) is 0 Å². The maximum atomic E-state index is 11.9. The Kier molecular flexibility index (Phi) is 5.41. The predicted octanol–water partition coefficient (Wildman–Crippen LogP) is 1.62. The first-order valence-electron chi connectivity index (χ1n) is 6.54. The van der Waals surface area contributed by atoms with Crippen molar-refractivity contribution in [3.05, 3.63) is 0 Å². The van der Waals surface area contributed by atoms with E-state index in [4.69, 9.17) is 9.47 Å². The number of nitrogens with one attached hydrogen (secondary N) is 1. The number of rotatable bonds is 4. The van der Waals surface area contributed by atoms with Crippen LogP contribution < -0.4 is 5.32 Å². The molecule has 0 saturated carbocycles. The Labute approximate surface area is 110 Å². The van der Waals surface area contributed by atoms with Gasteiger partial charge in [-0.25, -0.2) is 4.79 Å². The number of nitrogens with zero attached hydrogens (tertiary/aromatic N) is 1. The second kappa shape index (κ2) is 6.38. The molecule has 106 valence electrons. The van der Waals surface area contributed by atoms with Crippen LogP contribution in [0.5, 0.6) is 0 Å². The molecule has 18 heavy (non-hydrogen) atoms. The number of hydrogen-bond donors (Lipinski definition) is 1. The van der Waals surface area contributed by atoms with Crippen LogP contribution in [-0.2, 0) is 9.47 Å². The van der Waals surface area contributed by atoms with Crippen molar-refractivity contribution >= 4 is 6.09 Å². The summed E-state index contributed by atoms with van der Waals surface area (Å²) in [5.41, 5.74) is -0.425. The second-order valence-electron chi connectivity index (χ2n) is 5.94. The first-order valence-corrected chi connectivity index (χ1v) is 6.54. The van der Waals surface area contributed by atoms with Crippen molar-refractivity contribution in [2.75, 3.05) is 26.8 Å². The average Bonchev–Trinajstić information content (AvgIpc) is 2.63. The van der Waals surface area contributed by atoms with E-state index in [-0.39, 0.29) is 6.09 Å². The zero-order valence-electron chi connectivity index (χ0n) is 12.2. The highest BCUT2D eigenvalue weighted by Crippen LogP contribution is 2.15. The maximum absolute atomic E-state index is 11.9. The van der Waals surface area contributed by atoms with E-state index < -0.39 is 5.60 Å². The van der Waals surface area contributed by atoms with Crippen LogP contribution in [0.1, 0.15) is 34.1 Å². The molecule has 0 radical (unpaired) electrons. The van der Waals surface area contributed by atoms with E-state index in [1.54, 1.807) is 12.0 Å². The van der Waals surface area contributed by atoms with Crippen LogP contribution in [0.25, 0.3) is 0 Å². The molecule has 0 aliphatic carbocycles. The van der Waals surface area contributed by atoms with Crippen LogP contribution in [0.2, 0.25) is 0 Å². The molecule has 1 amide bonds. The van der Waals surface area contributed by atoms with Gasteiger partial charge in [0.15, 0.2) is 0 Å². The van der Waals surface area contributed by atoms with Crippen LogP contribution in [0.4, 0.5) is 4.79 Å². The van der Waals surface area contributed by atoms with Crippen molar-refractivity contribution in [1.29, 1.82) is 0 Å². The molecule has 0 bridgehead atoms. The van der Waals surface area contributed by atoms with Crippen LogP contribution in [0, 0.1) is 0 Å². The van der Waals surface area contributed by atoms with Gasteiger partial charge in [-0.15, -0.1) is 0 Å². The normalized spacial score (nSPS) is 22.1. The molecule has 1 aliphatic rings. The van der Waals surface area contributed by atoms with Gasteiger partial charge in [0.05, 0.1) is 6.61 Å². The number of ether oxygens (including phenoxy) is 2. The van der Waals surface area contributed by atoms with E-state index in [9.17, 15) is 4.79 Å². The van der Waals surface area contributed by atoms with E-state index in [0.29, 0.717) is 25.2 Å². The minimum Gasteiger partial charge on any atom is -0.444 e. The Morgan fingerprint density at radius 1 is 1.50 bits per heavy atom. The predicted molar refractivity (Wildman–Crippen MR) is 70.7 cm³/mol. The number of amides is 1. The molecule has 0 aromatic rings. The fraction of sp³-hybridized carbons (Fsp3) is 0.923. The molecule has 1 aliphatic heterocycles. The van der Waals surface area contributed by atoms with E-state index >= 15 is 0 Å². The Hall–Kier alpha value is -0.810. The van der Waals surface area contributed by atoms with E-state index in [1.807, 2.05) is 20.8 Å². The standard InChI is InChI=1S/C13H26N2O3/c1-10(9-17-5)14-11-6-7-15(8-11)12(16)18-13(2,3)4/h10-11,14H,6-9H2,1-5H3/t10?,11-/m0/s1. The lowest BCUT2D eigenvalue weighted by Crippen LogP contribution is -2.42. The van der Waals surface area contributed by atoms with Gasteiger partial charge in [-0.05, 0) is 34.1 Å². The molecular weight excluding hydrogens is 232 g/mol. The van der Waals surface area contributed by atoms with Gasteiger partial charge in [0.2, 0.25) is 0 Å². The van der Waals surface area contributed by atoms with Gasteiger partial charge < -0.3 is 19.7 Å². The zero-order chi connectivity index (χ0) is 13.8. The third-order valence-electron chi connectivity index (χ3n) is 2.78. The third kappa shape index (κ3) is 5.23. The summed E-state index contributed by atoms with van der Waals surface area (Å²) in [5, 5.41) is 3.45. The summed E-state index contributed by atoms with van der Waals surface area (Å²) in [5.74, 6) is 0. The summed E-state index contributed by atoms with van der Waals surface area (Å²) in [4.78, 5) is 13.6. The fourth-order valence-electron chi connectivity index (χ4n) is 2.09. The third-order valence-corrected chi connectivity index (χ3v) is 2.78. The summed E-state index contributed by atoms with van der Waals surface area (Å²) < 4.78 is 10.4. The van der Waals surface area contributed by atoms with Crippen molar-refractivity contribution in [3.8, 4) is 0 Å². The Morgan fingerprint density at radius 3 is 2.72 bits per heavy atom. The van der Waals surface area contributed by atoms with Crippen molar-refractivity contribution in [1.82, 2.24) is 10.2 Å². The van der Waals surface area contributed by atoms with E-state index in [2.05, 4.69) is 12.2 Å². The molecule has 5 heteroatoms. The van der Waals surface area contributed by atoms with Gasteiger partial charge in [-0.1, -0.05) is 0 Å². The van der Waals surface area contributed by atoms with Gasteiger partial charge in [-0.2, -0.15) is 0 Å². The summed E-state index contributed by atoms with van der Waals surface area (Å²) in [6.45, 7) is 9.89. The van der Waals surface area contributed by atoms with Crippen molar-refractivity contribution in [2.45, 2.75) is 51.8 Å². The fourth-order valence-corrected chi connectivity index (χ4v) is 2.09. The SMILES string of the molecule is COCC(C)N[C@H]1CCN(C(=O)OC(C)(C)C)C1. The van der Waals surface area contributed by atoms with Crippen molar-refractivity contribution in [2.24, 2.45) is 0 Å². The molecule has 1 saturated heterocycles. The quantitative estimate of drug-likeness (QED) is 0.832. The first-order chi connectivity index (χ1) is 8.31. The molecule has 0 spiro atoms. The van der Waals surface area contributed by atoms with Gasteiger partial charge in [0, 0.05) is 32.3 Å². The number of hydrogen-bond acceptors (Lipinski definition) is 4. The first kappa shape index (κ1) is 15.2. The highest BCUT2D eigenvalue weighted by Gasteiger charge is 2.30. The van der Waals surface area contributed by atoms with E-state index in [0.717, 1.165) is 13.0 Å². The molecule has 2 atom stereocenters. The molecule has 1 unspecified atom stereocenters. The number of methoxy groups -OCH3 is 1. The molecule has 5 nitrogen and oxygen atoms in total. The minimum atomic E-state index is -0.425. The van der Waals surface area contributed by atoms with Crippen LogP contribution in [-0.4, -0.2) is 55.5 Å². The molecule has 0 aromatic heterocycles. The van der Waals surface area contributed by atoms with Gasteiger partial charge >= 0.3 is 6.09 Å². The van der Waals surface area contributed by atoms with Crippen LogP contribution in [0.15, 0.2) is 0 Å². The Bertz CT molecular complexity index is 276. The topological polar surface area (TPSA) is 50.8 Å². The Morgan fingerprint density at radius 2 is 2.17 bits per heavy atom. The second-order valence-corrected chi connectivity index (χ2v) is 5.94. The summed E-state index contributed by atoms with van der Waals surface area (Å²) in [7, 11) is 1.69. The minimum absolute atomic E-state index is 0.216. The Balaban J connectivity index is 2.34. The van der Waals surface area contributed by atoms with Gasteiger partial charge in [0.25, 0.3) is 0 Å². The largest absolute Gasteiger partial charge is 0.444 e. The molecule has 1 heterocycles. The van der Waals surface area contributed by atoms with Crippen LogP contribution >= 0.6 is 0 Å². The highest BCUT2D eigenvalue weighted by molar-refractivity contribution is 5.68. The smallest absolute Gasteiger partial charge is 0.410 e. The average molecular weight is 258 g/mol. The summed E-state index contributed by atoms with van der Waals surface area (Å²) in [6, 6.07) is 0.640. The zero-order valence-corrected chi connectivity index (χ0v) is 12.2. The number of carbonyl (C=O) groups is 1. The molecule has 1 rings (SSSR count). The number of likely N-dealkylation sites (tertiary alicyclic amines) is 1. The lowest BCUT2D eigenvalue weighted by molar-refractivity contribution is 0.0290. The molecule has 1 fully saturated rings. The van der Waals surface area contributed by atoms with Crippen molar-refractivity contribution in [3.63, 3.8) is 0 Å². The lowest BCUT2D eigenvalue weighted by atomic mass is 10.2. The summed E-state index contributed by atoms with van der Waals surface area (Å²) in [6.07, 6.45) is 0.749. The summed E-state index contributed by atoms with van der Waals surface area (Å²) >= 11 is 0. The maximum Gasteiger partial charge on any atom is 0.410 e. The molecule has 0 aromatic carbocycles. The number of carbonyl (C=O) groups excluding carboxylic acids is 1. The monoisotopic (exact) mass is 258 g/mol. The van der Waals surface area contributed by atoms with Gasteiger partial charge in [-0.3, -0.25) is 0 Å². The molecular formula is C13H26N2O3. The lowest BCUT2D eigenvalue weighted by Gasteiger charge is -2.25. The van der Waals surface area contributed by atoms with Gasteiger partial charge in [0.1, 0.15) is 5.60 Å². The van der Waals surface area contributed by atoms with Crippen molar-refractivity contribution < 1.29 is 14.3 Å². The molecule has 1 N–H and O–H groups in total. The van der Waals surface area contributed by atoms with Crippen LogP contribution in [0.3, 0.4) is 0 Å². The highest BCUT2D eigenvalue weighted by atomic mass is 16.6.